The molecule has 1 saturated carbocycles. The van der Waals surface area contributed by atoms with Crippen LogP contribution in [0.15, 0.2) is 48.5 Å². The number of alkyl halides is 6. The van der Waals surface area contributed by atoms with Crippen molar-refractivity contribution in [1.29, 1.82) is 0 Å². The molecule has 4 rings (SSSR count). The van der Waals surface area contributed by atoms with Gasteiger partial charge in [0, 0.05) is 12.5 Å². The highest BCUT2D eigenvalue weighted by Gasteiger charge is 2.52. The van der Waals surface area contributed by atoms with Crippen LogP contribution in [0.5, 0.6) is 5.75 Å². The molecule has 2 aromatic carbocycles. The Labute approximate surface area is 215 Å². The SMILES string of the molecule is O=C(NC1CCNCC1)[C@H](Cc1ccc(C(F)(F)F)cc1)NC(=O)C1(c2ccc(OC(F)(F)F)cc2)CC1. The number of hydrogen-bond acceptors (Lipinski definition) is 4. The second kappa shape index (κ2) is 10.8. The number of halogens is 6. The molecule has 6 nitrogen and oxygen atoms in total. The smallest absolute Gasteiger partial charge is 0.406 e. The van der Waals surface area contributed by atoms with Crippen molar-refractivity contribution in [3.8, 4) is 5.75 Å². The van der Waals surface area contributed by atoms with Crippen molar-refractivity contribution in [3.63, 3.8) is 0 Å². The van der Waals surface area contributed by atoms with E-state index >= 15 is 0 Å². The number of carbonyl (C=O) groups excluding carboxylic acids is 2. The van der Waals surface area contributed by atoms with E-state index in [1.54, 1.807) is 0 Å². The van der Waals surface area contributed by atoms with Crippen LogP contribution in [0.25, 0.3) is 0 Å². The highest BCUT2D eigenvalue weighted by molar-refractivity contribution is 5.95. The molecule has 2 aliphatic rings. The van der Waals surface area contributed by atoms with Crippen LogP contribution in [0.1, 0.15) is 42.4 Å². The summed E-state index contributed by atoms with van der Waals surface area (Å²) in [6, 6.07) is 8.24. The Morgan fingerprint density at radius 2 is 1.55 bits per heavy atom. The molecule has 0 spiro atoms. The molecule has 3 N–H and O–H groups in total. The zero-order valence-corrected chi connectivity index (χ0v) is 20.2. The fourth-order valence-corrected chi connectivity index (χ4v) is 4.59. The molecule has 1 heterocycles. The molecule has 0 aromatic heterocycles. The molecule has 0 unspecified atom stereocenters. The zero-order valence-electron chi connectivity index (χ0n) is 20.2. The van der Waals surface area contributed by atoms with Crippen molar-refractivity contribution in [1.82, 2.24) is 16.0 Å². The lowest BCUT2D eigenvalue weighted by atomic mass is 9.93. The van der Waals surface area contributed by atoms with E-state index in [9.17, 15) is 35.9 Å². The largest absolute Gasteiger partial charge is 0.573 e. The van der Waals surface area contributed by atoms with Crippen LogP contribution in [0.2, 0.25) is 0 Å². The predicted molar refractivity (Wildman–Crippen MR) is 125 cm³/mol. The fraction of sp³-hybridized carbons (Fsp3) is 0.462. The Morgan fingerprint density at radius 1 is 0.947 bits per heavy atom. The van der Waals surface area contributed by atoms with E-state index in [0.717, 1.165) is 37.4 Å². The first-order valence-corrected chi connectivity index (χ1v) is 12.2. The summed E-state index contributed by atoms with van der Waals surface area (Å²) >= 11 is 0. The third-order valence-corrected chi connectivity index (χ3v) is 6.85. The minimum absolute atomic E-state index is 0.0326. The summed E-state index contributed by atoms with van der Waals surface area (Å²) in [4.78, 5) is 26.6. The number of ether oxygens (including phenoxy) is 1. The minimum Gasteiger partial charge on any atom is -0.406 e. The van der Waals surface area contributed by atoms with Gasteiger partial charge in [0.05, 0.1) is 11.0 Å². The van der Waals surface area contributed by atoms with Gasteiger partial charge in [-0.3, -0.25) is 9.59 Å². The maximum absolute atomic E-state index is 13.4. The number of carbonyl (C=O) groups is 2. The summed E-state index contributed by atoms with van der Waals surface area (Å²) in [6.45, 7) is 1.44. The third kappa shape index (κ3) is 6.97. The molecule has 38 heavy (non-hydrogen) atoms. The maximum Gasteiger partial charge on any atom is 0.573 e. The summed E-state index contributed by atoms with van der Waals surface area (Å²) in [6.07, 6.45) is -7.12. The number of hydrogen-bond donors (Lipinski definition) is 3. The van der Waals surface area contributed by atoms with Crippen LogP contribution in [0.3, 0.4) is 0 Å². The maximum atomic E-state index is 13.4. The highest BCUT2D eigenvalue weighted by atomic mass is 19.4. The van der Waals surface area contributed by atoms with Gasteiger partial charge in [-0.1, -0.05) is 24.3 Å². The van der Waals surface area contributed by atoms with Crippen LogP contribution in [-0.2, 0) is 27.6 Å². The number of rotatable bonds is 8. The van der Waals surface area contributed by atoms with E-state index in [1.807, 2.05) is 0 Å². The summed E-state index contributed by atoms with van der Waals surface area (Å²) < 4.78 is 80.2. The molecule has 12 heteroatoms. The van der Waals surface area contributed by atoms with E-state index < -0.39 is 47.1 Å². The van der Waals surface area contributed by atoms with Crippen LogP contribution in [0.4, 0.5) is 26.3 Å². The van der Waals surface area contributed by atoms with Gasteiger partial charge in [-0.25, -0.2) is 0 Å². The standard InChI is InChI=1S/C26H27F6N3O3/c27-25(28,29)18-3-1-16(2-4-18)15-21(22(36)34-19-9-13-33-14-10-19)35-23(37)24(11-12-24)17-5-7-20(8-6-17)38-26(30,31)32/h1-8,19,21,33H,9-15H2,(H,34,36)(H,35,37)/t21-/m0/s1. The number of piperidine rings is 1. The molecule has 1 aliphatic carbocycles. The molecule has 2 aromatic rings. The average Bonchev–Trinajstić information content (AvgIpc) is 3.66. The normalized spacial score (nSPS) is 18.4. The van der Waals surface area contributed by atoms with Gasteiger partial charge in [0.25, 0.3) is 0 Å². The Hall–Kier alpha value is -3.28. The summed E-state index contributed by atoms with van der Waals surface area (Å²) in [5, 5.41) is 8.86. The lowest BCUT2D eigenvalue weighted by Gasteiger charge is -2.28. The van der Waals surface area contributed by atoms with Crippen LogP contribution in [0, 0.1) is 0 Å². The molecule has 1 atom stereocenters. The van der Waals surface area contributed by atoms with Gasteiger partial charge in [-0.15, -0.1) is 13.2 Å². The molecule has 2 fully saturated rings. The van der Waals surface area contributed by atoms with Crippen molar-refractivity contribution in [2.24, 2.45) is 0 Å². The Balaban J connectivity index is 1.50. The first kappa shape index (κ1) is 27.7. The van der Waals surface area contributed by atoms with Crippen molar-refractivity contribution in [2.75, 3.05) is 13.1 Å². The fourth-order valence-electron chi connectivity index (χ4n) is 4.59. The number of benzene rings is 2. The van der Waals surface area contributed by atoms with Crippen LogP contribution in [-0.4, -0.2) is 43.3 Å². The lowest BCUT2D eigenvalue weighted by molar-refractivity contribution is -0.274. The van der Waals surface area contributed by atoms with Gasteiger partial charge in [0.2, 0.25) is 11.8 Å². The minimum atomic E-state index is -4.84. The molecule has 1 aliphatic heterocycles. The van der Waals surface area contributed by atoms with E-state index in [2.05, 4.69) is 20.7 Å². The quantitative estimate of drug-likeness (QED) is 0.436. The van der Waals surface area contributed by atoms with Gasteiger partial charge in [0.15, 0.2) is 0 Å². The topological polar surface area (TPSA) is 79.5 Å². The van der Waals surface area contributed by atoms with Crippen molar-refractivity contribution in [2.45, 2.75) is 62.1 Å². The van der Waals surface area contributed by atoms with Gasteiger partial charge in [0.1, 0.15) is 11.8 Å². The van der Waals surface area contributed by atoms with Gasteiger partial charge in [-0.05, 0) is 74.2 Å². The van der Waals surface area contributed by atoms with Gasteiger partial charge in [-0.2, -0.15) is 13.2 Å². The Kier molecular flexibility index (Phi) is 7.91. The first-order valence-electron chi connectivity index (χ1n) is 12.2. The van der Waals surface area contributed by atoms with Crippen molar-refractivity contribution in [3.05, 3.63) is 65.2 Å². The third-order valence-electron chi connectivity index (χ3n) is 6.85. The monoisotopic (exact) mass is 543 g/mol. The van der Waals surface area contributed by atoms with Crippen LogP contribution >= 0.6 is 0 Å². The lowest BCUT2D eigenvalue weighted by Crippen LogP contribution is -2.54. The Morgan fingerprint density at radius 3 is 2.08 bits per heavy atom. The van der Waals surface area contributed by atoms with E-state index in [-0.39, 0.29) is 12.5 Å². The second-order valence-corrected chi connectivity index (χ2v) is 9.61. The van der Waals surface area contributed by atoms with E-state index in [4.69, 9.17) is 0 Å². The number of amides is 2. The molecule has 206 valence electrons. The summed E-state index contributed by atoms with van der Waals surface area (Å²) in [5.41, 5.74) is -0.917. The van der Waals surface area contributed by atoms with Gasteiger partial charge >= 0.3 is 12.5 Å². The van der Waals surface area contributed by atoms with Crippen molar-refractivity contribution < 1.29 is 40.7 Å². The molecule has 2 amide bonds. The molecule has 0 radical (unpaired) electrons. The van der Waals surface area contributed by atoms with Crippen LogP contribution < -0.4 is 20.7 Å². The van der Waals surface area contributed by atoms with E-state index in [1.165, 1.54) is 24.3 Å². The zero-order chi connectivity index (χ0) is 27.6. The van der Waals surface area contributed by atoms with Gasteiger partial charge < -0.3 is 20.7 Å². The van der Waals surface area contributed by atoms with Crippen molar-refractivity contribution >= 4 is 11.8 Å². The molecule has 0 bridgehead atoms. The number of nitrogens with one attached hydrogen (secondary N) is 3. The molecular weight excluding hydrogens is 516 g/mol. The summed E-state index contributed by atoms with van der Waals surface area (Å²) in [5.74, 6) is -1.34. The average molecular weight is 544 g/mol. The predicted octanol–water partition coefficient (Wildman–Crippen LogP) is 4.23. The second-order valence-electron chi connectivity index (χ2n) is 9.61. The first-order chi connectivity index (χ1) is 17.9. The van der Waals surface area contributed by atoms with E-state index in [0.29, 0.717) is 36.8 Å². The molecule has 1 saturated heterocycles. The highest BCUT2D eigenvalue weighted by Crippen LogP contribution is 2.49. The molecular formula is C26H27F6N3O3. The summed E-state index contributed by atoms with van der Waals surface area (Å²) in [7, 11) is 0. The Bertz CT molecular complexity index is 1120.